The summed E-state index contributed by atoms with van der Waals surface area (Å²) in [5.41, 5.74) is 1.05. The first-order valence-corrected chi connectivity index (χ1v) is 6.50. The third kappa shape index (κ3) is 4.90. The minimum Gasteiger partial charge on any atom is -0.370 e. The fourth-order valence-corrected chi connectivity index (χ4v) is 1.79. The molecule has 0 unspecified atom stereocenters. The Morgan fingerprint density at radius 1 is 1.29 bits per heavy atom. The molecule has 0 aliphatic rings. The molecular formula is C14H17N5O2. The van der Waals surface area contributed by atoms with Crippen molar-refractivity contribution in [3.8, 4) is 0 Å². The first kappa shape index (κ1) is 15.0. The number of amides is 1. The van der Waals surface area contributed by atoms with Crippen LogP contribution in [0.25, 0.3) is 0 Å². The van der Waals surface area contributed by atoms with Gasteiger partial charge in [0.25, 0.3) is 0 Å². The summed E-state index contributed by atoms with van der Waals surface area (Å²) in [5, 5.41) is 13.1. The van der Waals surface area contributed by atoms with E-state index in [1.165, 1.54) is 12.4 Å². The van der Waals surface area contributed by atoms with Crippen LogP contribution in [0.1, 0.15) is 5.56 Å². The summed E-state index contributed by atoms with van der Waals surface area (Å²) < 4.78 is 4.98. The Morgan fingerprint density at radius 3 is 2.76 bits per heavy atom. The first-order chi connectivity index (χ1) is 10.3. The second-order valence-corrected chi connectivity index (χ2v) is 4.34. The molecule has 0 bridgehead atoms. The predicted molar refractivity (Wildman–Crippen MR) is 77.4 cm³/mol. The van der Waals surface area contributed by atoms with Crippen molar-refractivity contribution in [2.75, 3.05) is 19.2 Å². The minimum absolute atomic E-state index is 0.180. The van der Waals surface area contributed by atoms with Gasteiger partial charge in [-0.05, 0) is 12.0 Å². The summed E-state index contributed by atoms with van der Waals surface area (Å²) in [7, 11) is 1.56. The topological polar surface area (TPSA) is 89.0 Å². The lowest BCUT2D eigenvalue weighted by Gasteiger charge is -2.17. The Hall–Kier alpha value is -2.38. The third-order valence-electron chi connectivity index (χ3n) is 2.79. The number of aromatic nitrogens is 3. The molecule has 1 amide bonds. The number of hydrogen-bond acceptors (Lipinski definition) is 6. The number of nitrogens with one attached hydrogen (secondary N) is 2. The highest BCUT2D eigenvalue weighted by atomic mass is 16.5. The summed E-state index contributed by atoms with van der Waals surface area (Å²) >= 11 is 0. The smallest absolute Gasteiger partial charge is 0.249 e. The normalized spacial score (nSPS) is 11.9. The van der Waals surface area contributed by atoms with E-state index in [1.807, 2.05) is 30.3 Å². The maximum absolute atomic E-state index is 12.3. The molecule has 0 saturated carbocycles. The van der Waals surface area contributed by atoms with Crippen molar-refractivity contribution in [3.63, 3.8) is 0 Å². The number of rotatable bonds is 7. The van der Waals surface area contributed by atoms with Crippen molar-refractivity contribution < 1.29 is 9.53 Å². The van der Waals surface area contributed by atoms with Crippen molar-refractivity contribution in [2.24, 2.45) is 0 Å². The number of methoxy groups -OCH3 is 1. The second-order valence-electron chi connectivity index (χ2n) is 4.34. The average molecular weight is 287 g/mol. The SMILES string of the molecule is COCN[C@@H](Cc1ccccc1)C(=O)Nc1nccnn1. The van der Waals surface area contributed by atoms with Crippen LogP contribution in [-0.4, -0.2) is 41.0 Å². The standard InChI is InChI=1S/C14H17N5O2/c1-21-10-16-12(9-11-5-3-2-4-6-11)13(20)18-14-15-7-8-17-19-14/h2-8,12,16H,9-10H2,1H3,(H,15,18,19,20)/t12-/m0/s1. The van der Waals surface area contributed by atoms with E-state index in [0.29, 0.717) is 6.42 Å². The number of benzene rings is 1. The Labute approximate surface area is 122 Å². The highest BCUT2D eigenvalue weighted by Crippen LogP contribution is 2.05. The molecule has 2 aromatic rings. The molecule has 0 aliphatic carbocycles. The monoisotopic (exact) mass is 287 g/mol. The fourth-order valence-electron chi connectivity index (χ4n) is 1.79. The van der Waals surface area contributed by atoms with Gasteiger partial charge in [-0.2, -0.15) is 5.10 Å². The van der Waals surface area contributed by atoms with Crippen molar-refractivity contribution in [3.05, 3.63) is 48.3 Å². The van der Waals surface area contributed by atoms with Gasteiger partial charge in [-0.25, -0.2) is 4.98 Å². The van der Waals surface area contributed by atoms with Crippen LogP contribution >= 0.6 is 0 Å². The van der Waals surface area contributed by atoms with E-state index in [9.17, 15) is 4.79 Å². The third-order valence-corrected chi connectivity index (χ3v) is 2.79. The highest BCUT2D eigenvalue weighted by molar-refractivity contribution is 5.93. The van der Waals surface area contributed by atoms with Crippen molar-refractivity contribution in [1.82, 2.24) is 20.5 Å². The van der Waals surface area contributed by atoms with Crippen molar-refractivity contribution >= 4 is 11.9 Å². The quantitative estimate of drug-likeness (QED) is 0.726. The van der Waals surface area contributed by atoms with Crippen LogP contribution in [-0.2, 0) is 16.0 Å². The van der Waals surface area contributed by atoms with Crippen LogP contribution in [0.15, 0.2) is 42.7 Å². The van der Waals surface area contributed by atoms with E-state index >= 15 is 0 Å². The van der Waals surface area contributed by atoms with E-state index in [1.54, 1.807) is 7.11 Å². The molecule has 0 fully saturated rings. The van der Waals surface area contributed by atoms with Gasteiger partial charge in [0.1, 0.15) is 0 Å². The second kappa shape index (κ2) is 8.03. The number of anilines is 1. The van der Waals surface area contributed by atoms with Crippen LogP contribution in [0.5, 0.6) is 0 Å². The lowest BCUT2D eigenvalue weighted by molar-refractivity contribution is -0.118. The lowest BCUT2D eigenvalue weighted by Crippen LogP contribution is -2.43. The number of ether oxygens (including phenoxy) is 1. The number of nitrogens with zero attached hydrogens (tertiary/aromatic N) is 3. The summed E-state index contributed by atoms with van der Waals surface area (Å²) in [6, 6.07) is 9.29. The molecule has 1 aromatic carbocycles. The van der Waals surface area contributed by atoms with Gasteiger partial charge in [-0.15, -0.1) is 5.10 Å². The number of hydrogen-bond donors (Lipinski definition) is 2. The molecule has 2 N–H and O–H groups in total. The summed E-state index contributed by atoms with van der Waals surface area (Å²) in [4.78, 5) is 16.2. The molecule has 0 radical (unpaired) electrons. The molecule has 110 valence electrons. The van der Waals surface area contributed by atoms with Gasteiger partial charge in [-0.1, -0.05) is 30.3 Å². The van der Waals surface area contributed by atoms with Gasteiger partial charge in [0.15, 0.2) is 0 Å². The molecule has 7 heteroatoms. The van der Waals surface area contributed by atoms with E-state index in [2.05, 4.69) is 25.8 Å². The molecular weight excluding hydrogens is 270 g/mol. The van der Waals surface area contributed by atoms with Crippen LogP contribution in [0, 0.1) is 0 Å². The molecule has 7 nitrogen and oxygen atoms in total. The zero-order valence-corrected chi connectivity index (χ0v) is 11.7. The molecule has 1 atom stereocenters. The Bertz CT molecular complexity index is 550. The number of carbonyl (C=O) groups excluding carboxylic acids is 1. The Morgan fingerprint density at radius 2 is 2.10 bits per heavy atom. The van der Waals surface area contributed by atoms with Gasteiger partial charge in [-0.3, -0.25) is 15.4 Å². The van der Waals surface area contributed by atoms with Gasteiger partial charge < -0.3 is 4.74 Å². The zero-order valence-electron chi connectivity index (χ0n) is 11.7. The van der Waals surface area contributed by atoms with E-state index in [-0.39, 0.29) is 18.6 Å². The summed E-state index contributed by atoms with van der Waals surface area (Å²) in [5.74, 6) is -0.0521. The largest absolute Gasteiger partial charge is 0.370 e. The molecule has 0 aliphatic heterocycles. The van der Waals surface area contributed by atoms with Crippen LogP contribution in [0.3, 0.4) is 0 Å². The van der Waals surface area contributed by atoms with Gasteiger partial charge in [0.2, 0.25) is 11.9 Å². The van der Waals surface area contributed by atoms with E-state index in [0.717, 1.165) is 5.56 Å². The maximum atomic E-state index is 12.3. The van der Waals surface area contributed by atoms with Crippen LogP contribution in [0.2, 0.25) is 0 Å². The van der Waals surface area contributed by atoms with Crippen LogP contribution in [0.4, 0.5) is 5.95 Å². The van der Waals surface area contributed by atoms with Gasteiger partial charge in [0, 0.05) is 7.11 Å². The summed E-state index contributed by atoms with van der Waals surface area (Å²) in [6.07, 6.45) is 3.45. The predicted octanol–water partition coefficient (Wildman–Crippen LogP) is 0.615. The summed E-state index contributed by atoms with van der Waals surface area (Å²) in [6.45, 7) is 0.277. The molecule has 0 saturated heterocycles. The first-order valence-electron chi connectivity index (χ1n) is 6.50. The number of carbonyl (C=O) groups is 1. The van der Waals surface area contributed by atoms with Crippen molar-refractivity contribution in [1.29, 1.82) is 0 Å². The van der Waals surface area contributed by atoms with Crippen molar-refractivity contribution in [2.45, 2.75) is 12.5 Å². The maximum Gasteiger partial charge on any atom is 0.249 e. The van der Waals surface area contributed by atoms with Gasteiger partial charge >= 0.3 is 0 Å². The molecule has 1 heterocycles. The van der Waals surface area contributed by atoms with Gasteiger partial charge in [0.05, 0.1) is 25.2 Å². The molecule has 1 aromatic heterocycles. The lowest BCUT2D eigenvalue weighted by atomic mass is 10.1. The molecule has 2 rings (SSSR count). The minimum atomic E-state index is -0.448. The Kier molecular flexibility index (Phi) is 5.74. The fraction of sp³-hybridized carbons (Fsp3) is 0.286. The molecule has 0 spiro atoms. The van der Waals surface area contributed by atoms with E-state index in [4.69, 9.17) is 4.74 Å². The van der Waals surface area contributed by atoms with E-state index < -0.39 is 6.04 Å². The zero-order chi connectivity index (χ0) is 14.9. The Balaban J connectivity index is 2.02. The average Bonchev–Trinajstić information content (AvgIpc) is 2.53. The highest BCUT2D eigenvalue weighted by Gasteiger charge is 2.19. The molecule has 21 heavy (non-hydrogen) atoms. The van der Waals surface area contributed by atoms with Crippen LogP contribution < -0.4 is 10.6 Å².